The van der Waals surface area contributed by atoms with Crippen LogP contribution in [0.5, 0.6) is 0 Å². The van der Waals surface area contributed by atoms with Crippen LogP contribution in [0.15, 0.2) is 48.7 Å². The Labute approximate surface area is 125 Å². The van der Waals surface area contributed by atoms with Crippen molar-refractivity contribution in [3.8, 4) is 0 Å². The van der Waals surface area contributed by atoms with Gasteiger partial charge < -0.3 is 10.4 Å². The van der Waals surface area contributed by atoms with Crippen molar-refractivity contribution >= 4 is 35.2 Å². The number of nitrogens with one attached hydrogen (secondary N) is 1. The molecule has 0 saturated heterocycles. The molecule has 6 heteroatoms. The highest BCUT2D eigenvalue weighted by Crippen LogP contribution is 2.15. The number of aromatic nitrogens is 1. The summed E-state index contributed by atoms with van der Waals surface area (Å²) in [4.78, 5) is 26.7. The average molecular weight is 303 g/mol. The van der Waals surface area contributed by atoms with Crippen LogP contribution in [0.3, 0.4) is 0 Å². The first kappa shape index (κ1) is 14.7. The van der Waals surface area contributed by atoms with Gasteiger partial charge in [0.1, 0.15) is 5.69 Å². The molecule has 0 bridgehead atoms. The molecule has 0 saturated carbocycles. The molecule has 1 amide bonds. The van der Waals surface area contributed by atoms with Crippen molar-refractivity contribution in [2.24, 2.45) is 0 Å². The normalized spacial score (nSPS) is 10.5. The molecule has 0 spiro atoms. The van der Waals surface area contributed by atoms with E-state index in [4.69, 9.17) is 16.7 Å². The average Bonchev–Trinajstić information content (AvgIpc) is 2.47. The Balaban J connectivity index is 2.23. The quantitative estimate of drug-likeness (QED) is 0.851. The van der Waals surface area contributed by atoms with Crippen LogP contribution in [0.4, 0.5) is 5.69 Å². The zero-order valence-electron chi connectivity index (χ0n) is 10.8. The molecular formula is C15H11ClN2O3. The molecule has 1 heterocycles. The number of halogens is 1. The van der Waals surface area contributed by atoms with Crippen LogP contribution in [0.2, 0.25) is 5.02 Å². The first-order valence-electron chi connectivity index (χ1n) is 5.99. The minimum absolute atomic E-state index is 0.143. The summed E-state index contributed by atoms with van der Waals surface area (Å²) in [6.07, 6.45) is 3.75. The molecule has 0 unspecified atom stereocenters. The number of aliphatic carboxylic acids is 1. The Morgan fingerprint density at radius 1 is 1.19 bits per heavy atom. The van der Waals surface area contributed by atoms with Crippen molar-refractivity contribution < 1.29 is 14.7 Å². The largest absolute Gasteiger partial charge is 0.478 e. The molecule has 2 rings (SSSR count). The summed E-state index contributed by atoms with van der Waals surface area (Å²) in [6.45, 7) is 0. The standard InChI is InChI=1S/C15H11ClN2O3/c16-11-4-6-12(7-5-11)18-15(21)14-10(2-1-9-17-14)3-8-13(19)20/h1-9H,(H,18,21)(H,19,20)/b8-3+. The van der Waals surface area contributed by atoms with E-state index < -0.39 is 11.9 Å². The lowest BCUT2D eigenvalue weighted by atomic mass is 10.1. The van der Waals surface area contributed by atoms with Crippen LogP contribution >= 0.6 is 11.6 Å². The highest BCUT2D eigenvalue weighted by Gasteiger charge is 2.11. The summed E-state index contributed by atoms with van der Waals surface area (Å²) in [5.74, 6) is -1.52. The van der Waals surface area contributed by atoms with E-state index in [0.29, 0.717) is 16.3 Å². The van der Waals surface area contributed by atoms with Gasteiger partial charge in [-0.1, -0.05) is 17.7 Å². The van der Waals surface area contributed by atoms with Crippen LogP contribution in [0, 0.1) is 0 Å². The maximum absolute atomic E-state index is 12.2. The third-order valence-electron chi connectivity index (χ3n) is 2.56. The second-order valence-corrected chi connectivity index (χ2v) is 4.51. The SMILES string of the molecule is O=C(O)/C=C/c1cccnc1C(=O)Nc1ccc(Cl)cc1. The number of nitrogens with zero attached hydrogens (tertiary/aromatic N) is 1. The number of hydrogen-bond donors (Lipinski definition) is 2. The summed E-state index contributed by atoms with van der Waals surface area (Å²) in [7, 11) is 0. The van der Waals surface area contributed by atoms with Gasteiger partial charge in [0.05, 0.1) is 0 Å². The molecule has 0 radical (unpaired) electrons. The molecule has 0 aliphatic heterocycles. The van der Waals surface area contributed by atoms with Gasteiger partial charge in [0.25, 0.3) is 5.91 Å². The third kappa shape index (κ3) is 4.15. The predicted molar refractivity (Wildman–Crippen MR) is 80.3 cm³/mol. The third-order valence-corrected chi connectivity index (χ3v) is 2.81. The smallest absolute Gasteiger partial charge is 0.328 e. The second kappa shape index (κ2) is 6.67. The topological polar surface area (TPSA) is 79.3 Å². The van der Waals surface area contributed by atoms with E-state index in [9.17, 15) is 9.59 Å². The zero-order chi connectivity index (χ0) is 15.2. The molecule has 1 aromatic heterocycles. The second-order valence-electron chi connectivity index (χ2n) is 4.07. The van der Waals surface area contributed by atoms with Gasteiger partial charge in [-0.2, -0.15) is 0 Å². The molecule has 21 heavy (non-hydrogen) atoms. The molecule has 1 aromatic carbocycles. The Morgan fingerprint density at radius 3 is 2.57 bits per heavy atom. The Hall–Kier alpha value is -2.66. The maximum Gasteiger partial charge on any atom is 0.328 e. The van der Waals surface area contributed by atoms with Crippen molar-refractivity contribution in [3.63, 3.8) is 0 Å². The molecule has 0 fully saturated rings. The Kier molecular flexibility index (Phi) is 4.68. The number of carbonyl (C=O) groups excluding carboxylic acids is 1. The summed E-state index contributed by atoms with van der Waals surface area (Å²) in [6, 6.07) is 9.87. The van der Waals surface area contributed by atoms with Crippen LogP contribution in [-0.4, -0.2) is 22.0 Å². The van der Waals surface area contributed by atoms with Crippen molar-refractivity contribution in [1.29, 1.82) is 0 Å². The van der Waals surface area contributed by atoms with Crippen molar-refractivity contribution in [2.45, 2.75) is 0 Å². The van der Waals surface area contributed by atoms with Gasteiger partial charge in [0.2, 0.25) is 0 Å². The molecular weight excluding hydrogens is 292 g/mol. The molecule has 106 valence electrons. The van der Waals surface area contributed by atoms with E-state index in [1.807, 2.05) is 0 Å². The Morgan fingerprint density at radius 2 is 1.90 bits per heavy atom. The van der Waals surface area contributed by atoms with Gasteiger partial charge >= 0.3 is 5.97 Å². The number of anilines is 1. The van der Waals surface area contributed by atoms with Gasteiger partial charge in [-0.15, -0.1) is 0 Å². The van der Waals surface area contributed by atoms with E-state index >= 15 is 0 Å². The molecule has 2 aromatic rings. The molecule has 2 N–H and O–H groups in total. The number of pyridine rings is 1. The minimum Gasteiger partial charge on any atom is -0.478 e. The maximum atomic E-state index is 12.2. The fourth-order valence-electron chi connectivity index (χ4n) is 1.63. The van der Waals surface area contributed by atoms with Gasteiger partial charge in [-0.25, -0.2) is 4.79 Å². The summed E-state index contributed by atoms with van der Waals surface area (Å²) in [5, 5.41) is 11.9. The number of amides is 1. The lowest BCUT2D eigenvalue weighted by molar-refractivity contribution is -0.131. The van der Waals surface area contributed by atoms with Crippen molar-refractivity contribution in [1.82, 2.24) is 4.98 Å². The molecule has 0 atom stereocenters. The highest BCUT2D eigenvalue weighted by atomic mass is 35.5. The van der Waals surface area contributed by atoms with Gasteiger partial charge in [-0.3, -0.25) is 9.78 Å². The summed E-state index contributed by atoms with van der Waals surface area (Å²) >= 11 is 5.77. The lowest BCUT2D eigenvalue weighted by Crippen LogP contribution is -2.15. The predicted octanol–water partition coefficient (Wildman–Crippen LogP) is 3.09. The van der Waals surface area contributed by atoms with Crippen LogP contribution in [0.25, 0.3) is 6.08 Å². The van der Waals surface area contributed by atoms with Crippen molar-refractivity contribution in [3.05, 3.63) is 65.0 Å². The molecule has 5 nitrogen and oxygen atoms in total. The minimum atomic E-state index is -1.09. The monoisotopic (exact) mass is 302 g/mol. The number of carboxylic acids is 1. The number of rotatable bonds is 4. The van der Waals surface area contributed by atoms with Crippen molar-refractivity contribution in [2.75, 3.05) is 5.32 Å². The van der Waals surface area contributed by atoms with Gasteiger partial charge in [0.15, 0.2) is 0 Å². The fourth-order valence-corrected chi connectivity index (χ4v) is 1.75. The zero-order valence-corrected chi connectivity index (χ0v) is 11.5. The lowest BCUT2D eigenvalue weighted by Gasteiger charge is -2.07. The summed E-state index contributed by atoms with van der Waals surface area (Å²) in [5.41, 5.74) is 1.14. The first-order valence-corrected chi connectivity index (χ1v) is 6.37. The van der Waals surface area contributed by atoms with E-state index in [1.54, 1.807) is 36.4 Å². The van der Waals surface area contributed by atoms with Crippen LogP contribution in [0.1, 0.15) is 16.1 Å². The highest BCUT2D eigenvalue weighted by molar-refractivity contribution is 6.30. The van der Waals surface area contributed by atoms with E-state index in [1.165, 1.54) is 12.3 Å². The molecule has 0 aliphatic rings. The fraction of sp³-hybridized carbons (Fsp3) is 0. The van der Waals surface area contributed by atoms with E-state index in [-0.39, 0.29) is 5.69 Å². The number of hydrogen-bond acceptors (Lipinski definition) is 3. The van der Waals surface area contributed by atoms with Crippen LogP contribution in [-0.2, 0) is 4.79 Å². The first-order chi connectivity index (χ1) is 10.1. The molecule has 0 aliphatic carbocycles. The number of carbonyl (C=O) groups is 2. The Bertz CT molecular complexity index is 696. The van der Waals surface area contributed by atoms with Gasteiger partial charge in [0, 0.05) is 28.5 Å². The van der Waals surface area contributed by atoms with Gasteiger partial charge in [-0.05, 0) is 36.4 Å². The van der Waals surface area contributed by atoms with E-state index in [2.05, 4.69) is 10.3 Å². The van der Waals surface area contributed by atoms with E-state index in [0.717, 1.165) is 6.08 Å². The van der Waals surface area contributed by atoms with Crippen LogP contribution < -0.4 is 5.32 Å². The number of benzene rings is 1. The number of carboxylic acid groups (broad SMARTS) is 1. The summed E-state index contributed by atoms with van der Waals surface area (Å²) < 4.78 is 0.